The zero-order valence-electron chi connectivity index (χ0n) is 17.3. The molecule has 0 saturated carbocycles. The second-order valence-corrected chi connectivity index (χ2v) is 9.77. The second kappa shape index (κ2) is 8.82. The van der Waals surface area contributed by atoms with Crippen LogP contribution in [0.3, 0.4) is 0 Å². The molecular weight excluding hydrogens is 436 g/mol. The number of rotatable bonds is 5. The van der Waals surface area contributed by atoms with Gasteiger partial charge in [-0.15, -0.1) is 0 Å². The van der Waals surface area contributed by atoms with Crippen LogP contribution in [0, 0.1) is 6.92 Å². The highest BCUT2D eigenvalue weighted by Crippen LogP contribution is 2.30. The molecule has 9 heteroatoms. The lowest BCUT2D eigenvalue weighted by Gasteiger charge is -2.39. The van der Waals surface area contributed by atoms with Crippen LogP contribution >= 0.6 is 11.6 Å². The normalized spacial score (nSPS) is 17.5. The average Bonchev–Trinajstić information content (AvgIpc) is 2.76. The molecule has 0 N–H and O–H groups in total. The van der Waals surface area contributed by atoms with E-state index in [9.17, 15) is 8.42 Å². The average molecular weight is 459 g/mol. The molecule has 2 heterocycles. The number of hydrogen-bond acceptors (Lipinski definition) is 6. The summed E-state index contributed by atoms with van der Waals surface area (Å²) in [6.45, 7) is 5.22. The first-order chi connectivity index (χ1) is 14.8. The highest BCUT2D eigenvalue weighted by atomic mass is 35.5. The summed E-state index contributed by atoms with van der Waals surface area (Å²) in [6.07, 6.45) is 1.43. The van der Waals surface area contributed by atoms with Crippen LogP contribution in [-0.2, 0) is 10.0 Å². The Balaban J connectivity index is 1.49. The molecule has 1 aliphatic rings. The minimum atomic E-state index is -3.55. The fourth-order valence-electron chi connectivity index (χ4n) is 3.55. The molecule has 0 amide bonds. The molecule has 1 fully saturated rings. The maximum atomic E-state index is 13.1. The van der Waals surface area contributed by atoms with Gasteiger partial charge in [0.15, 0.2) is 0 Å². The summed E-state index contributed by atoms with van der Waals surface area (Å²) in [4.78, 5) is 10.9. The van der Waals surface area contributed by atoms with Gasteiger partial charge >= 0.3 is 0 Å². The van der Waals surface area contributed by atoms with E-state index >= 15 is 0 Å². The predicted octanol–water partition coefficient (Wildman–Crippen LogP) is 4.13. The number of ether oxygens (including phenoxy) is 1. The zero-order valence-corrected chi connectivity index (χ0v) is 18.8. The van der Waals surface area contributed by atoms with Crippen molar-refractivity contribution in [3.05, 3.63) is 71.5 Å². The number of sulfonamides is 1. The summed E-state index contributed by atoms with van der Waals surface area (Å²) < 4.78 is 33.5. The number of nitrogens with zero attached hydrogens (tertiary/aromatic N) is 4. The number of hydrogen-bond donors (Lipinski definition) is 0. The smallest absolute Gasteiger partial charge is 0.243 e. The van der Waals surface area contributed by atoms with Crippen molar-refractivity contribution in [3.8, 4) is 11.6 Å². The van der Waals surface area contributed by atoms with Crippen LogP contribution in [0.5, 0.6) is 11.6 Å². The van der Waals surface area contributed by atoms with E-state index in [4.69, 9.17) is 16.3 Å². The third kappa shape index (κ3) is 4.66. The Labute approximate surface area is 187 Å². The van der Waals surface area contributed by atoms with Gasteiger partial charge in [-0.1, -0.05) is 41.4 Å². The lowest BCUT2D eigenvalue weighted by atomic mass is 10.2. The molecule has 0 spiro atoms. The van der Waals surface area contributed by atoms with Crippen LogP contribution in [0.15, 0.2) is 65.8 Å². The van der Waals surface area contributed by atoms with Crippen molar-refractivity contribution in [1.82, 2.24) is 14.3 Å². The second-order valence-electron chi connectivity index (χ2n) is 7.47. The third-order valence-corrected chi connectivity index (χ3v) is 7.54. The molecule has 1 aromatic heterocycles. The van der Waals surface area contributed by atoms with Crippen molar-refractivity contribution in [3.63, 3.8) is 0 Å². The number of anilines is 1. The molecule has 4 rings (SSSR count). The molecule has 1 saturated heterocycles. The Hall–Kier alpha value is -2.68. The molecule has 0 radical (unpaired) electrons. The first-order valence-electron chi connectivity index (χ1n) is 9.92. The van der Waals surface area contributed by atoms with E-state index in [0.717, 1.165) is 5.56 Å². The molecule has 1 atom stereocenters. The maximum Gasteiger partial charge on any atom is 0.243 e. The number of halogens is 1. The lowest BCUT2D eigenvalue weighted by Crippen LogP contribution is -2.54. The maximum absolute atomic E-state index is 13.1. The monoisotopic (exact) mass is 458 g/mol. The fourth-order valence-corrected chi connectivity index (χ4v) is 5.34. The molecular formula is C22H23ClN4O3S. The number of para-hydroxylation sites is 1. The quantitative estimate of drug-likeness (QED) is 0.572. The van der Waals surface area contributed by atoms with Crippen molar-refractivity contribution in [1.29, 1.82) is 0 Å². The molecule has 3 aromatic rings. The molecule has 1 aliphatic heterocycles. The van der Waals surface area contributed by atoms with Crippen molar-refractivity contribution < 1.29 is 13.2 Å². The van der Waals surface area contributed by atoms with Crippen molar-refractivity contribution >= 4 is 27.4 Å². The van der Waals surface area contributed by atoms with E-state index in [1.807, 2.05) is 43.0 Å². The van der Waals surface area contributed by atoms with Gasteiger partial charge in [0.1, 0.15) is 17.9 Å². The minimum Gasteiger partial charge on any atom is -0.437 e. The first-order valence-corrected chi connectivity index (χ1v) is 11.7. The number of piperazine rings is 1. The van der Waals surface area contributed by atoms with E-state index < -0.39 is 10.0 Å². The van der Waals surface area contributed by atoms with Gasteiger partial charge in [0, 0.05) is 31.7 Å². The molecule has 31 heavy (non-hydrogen) atoms. The Bertz CT molecular complexity index is 1170. The van der Waals surface area contributed by atoms with Gasteiger partial charge in [0.25, 0.3) is 0 Å². The molecule has 162 valence electrons. The van der Waals surface area contributed by atoms with Gasteiger partial charge < -0.3 is 9.64 Å². The third-order valence-electron chi connectivity index (χ3n) is 5.20. The highest BCUT2D eigenvalue weighted by Gasteiger charge is 2.34. The summed E-state index contributed by atoms with van der Waals surface area (Å²) in [5, 5.41) is 0.492. The van der Waals surface area contributed by atoms with Gasteiger partial charge in [-0.3, -0.25) is 0 Å². The van der Waals surface area contributed by atoms with Crippen LogP contribution in [-0.4, -0.2) is 48.4 Å². The zero-order chi connectivity index (χ0) is 22.0. The standard InChI is InChI=1S/C22H23ClN4O3S/c1-16-7-9-18(10-8-16)31(28,29)27-12-11-26(14-17(27)2)21-13-22(25-15-24-21)30-20-6-4-3-5-19(20)23/h3-10,13,15,17H,11-12,14H2,1-2H3/t17-/m1/s1. The summed E-state index contributed by atoms with van der Waals surface area (Å²) in [7, 11) is -3.55. The Morgan fingerprint density at radius 1 is 1.06 bits per heavy atom. The topological polar surface area (TPSA) is 75.6 Å². The van der Waals surface area contributed by atoms with Crippen molar-refractivity contribution in [2.24, 2.45) is 0 Å². The summed E-state index contributed by atoms with van der Waals surface area (Å²) >= 11 is 6.16. The van der Waals surface area contributed by atoms with E-state index in [0.29, 0.717) is 47.0 Å². The van der Waals surface area contributed by atoms with Gasteiger partial charge in [0.05, 0.1) is 9.92 Å². The van der Waals surface area contributed by atoms with E-state index in [1.54, 1.807) is 34.6 Å². The van der Waals surface area contributed by atoms with Crippen LogP contribution in [0.1, 0.15) is 12.5 Å². The molecule has 0 bridgehead atoms. The molecule has 0 unspecified atom stereocenters. The van der Waals surface area contributed by atoms with Crippen LogP contribution in [0.4, 0.5) is 5.82 Å². The van der Waals surface area contributed by atoms with Gasteiger partial charge in [-0.2, -0.15) is 4.31 Å². The van der Waals surface area contributed by atoms with E-state index in [1.165, 1.54) is 6.33 Å². The van der Waals surface area contributed by atoms with E-state index in [-0.39, 0.29) is 6.04 Å². The number of aromatic nitrogens is 2. The van der Waals surface area contributed by atoms with Crippen molar-refractivity contribution in [2.45, 2.75) is 24.8 Å². The van der Waals surface area contributed by atoms with E-state index in [2.05, 4.69) is 9.97 Å². The Morgan fingerprint density at radius 3 is 2.52 bits per heavy atom. The lowest BCUT2D eigenvalue weighted by molar-refractivity contribution is 0.305. The van der Waals surface area contributed by atoms with Crippen molar-refractivity contribution in [2.75, 3.05) is 24.5 Å². The Kier molecular flexibility index (Phi) is 6.13. The summed E-state index contributed by atoms with van der Waals surface area (Å²) in [5.41, 5.74) is 1.02. The summed E-state index contributed by atoms with van der Waals surface area (Å²) in [5.74, 6) is 1.56. The van der Waals surface area contributed by atoms with Crippen LogP contribution in [0.25, 0.3) is 0 Å². The Morgan fingerprint density at radius 2 is 1.81 bits per heavy atom. The van der Waals surface area contributed by atoms with Crippen LogP contribution < -0.4 is 9.64 Å². The van der Waals surface area contributed by atoms with Gasteiger partial charge in [0.2, 0.25) is 15.9 Å². The van der Waals surface area contributed by atoms with Crippen LogP contribution in [0.2, 0.25) is 5.02 Å². The first kappa shape index (κ1) is 21.5. The fraction of sp³-hybridized carbons (Fsp3) is 0.273. The molecule has 2 aromatic carbocycles. The molecule has 0 aliphatic carbocycles. The SMILES string of the molecule is Cc1ccc(S(=O)(=O)N2CCN(c3cc(Oc4ccccc4Cl)ncn3)C[C@H]2C)cc1. The number of aryl methyl sites for hydroxylation is 1. The minimum absolute atomic E-state index is 0.219. The molecule has 7 nitrogen and oxygen atoms in total. The largest absolute Gasteiger partial charge is 0.437 e. The number of benzene rings is 2. The van der Waals surface area contributed by atoms with Gasteiger partial charge in [-0.05, 0) is 38.1 Å². The summed E-state index contributed by atoms with van der Waals surface area (Å²) in [6, 6.07) is 15.6. The van der Waals surface area contributed by atoms with Gasteiger partial charge in [-0.25, -0.2) is 18.4 Å². The highest BCUT2D eigenvalue weighted by molar-refractivity contribution is 7.89. The predicted molar refractivity (Wildman–Crippen MR) is 120 cm³/mol.